The summed E-state index contributed by atoms with van der Waals surface area (Å²) in [5.74, 6) is -6.51. The predicted octanol–water partition coefficient (Wildman–Crippen LogP) is 2.68. The van der Waals surface area contributed by atoms with Gasteiger partial charge in [0.1, 0.15) is 30.2 Å². The first-order valence-electron chi connectivity index (χ1n) is 21.5. The Morgan fingerprint density at radius 1 is 0.867 bits per heavy atom. The van der Waals surface area contributed by atoms with Gasteiger partial charge in [0, 0.05) is 37.7 Å². The topological polar surface area (TPSA) is 226 Å². The molecule has 0 aromatic rings. The van der Waals surface area contributed by atoms with E-state index in [-0.39, 0.29) is 38.7 Å². The largest absolute Gasteiger partial charge is 0.465 e. The number of likely N-dealkylation sites (N-methyl/N-ethyl adjacent to an activating group) is 1. The molecular formula is C43H75NO16. The van der Waals surface area contributed by atoms with Gasteiger partial charge >= 0.3 is 17.9 Å². The second-order valence-corrected chi connectivity index (χ2v) is 18.3. The van der Waals surface area contributed by atoms with E-state index in [1.807, 2.05) is 25.9 Å². The summed E-state index contributed by atoms with van der Waals surface area (Å²) in [6.07, 6.45) is -10.7. The second-order valence-electron chi connectivity index (χ2n) is 18.3. The molecule has 0 aromatic heterocycles. The summed E-state index contributed by atoms with van der Waals surface area (Å²) in [7, 11) is 5.10. The zero-order valence-electron chi connectivity index (χ0n) is 38.2. The number of ether oxygens (including phenoxy) is 8. The van der Waals surface area contributed by atoms with Gasteiger partial charge in [-0.2, -0.15) is 0 Å². The highest BCUT2D eigenvalue weighted by Crippen LogP contribution is 2.41. The first-order valence-corrected chi connectivity index (χ1v) is 21.5. The third-order valence-corrected chi connectivity index (χ3v) is 12.9. The maximum absolute atomic E-state index is 14.3. The Bertz CT molecular complexity index is 1440. The lowest BCUT2D eigenvalue weighted by molar-refractivity contribution is -0.319. The van der Waals surface area contributed by atoms with E-state index in [0.29, 0.717) is 6.42 Å². The summed E-state index contributed by atoms with van der Waals surface area (Å²) in [5.41, 5.74) is -5.05. The highest BCUT2D eigenvalue weighted by Gasteiger charge is 2.54. The number of carbonyl (C=O) groups excluding carboxylic acids is 4. The predicted molar refractivity (Wildman–Crippen MR) is 216 cm³/mol. The molecule has 17 nitrogen and oxygen atoms in total. The molecule has 3 heterocycles. The van der Waals surface area contributed by atoms with Gasteiger partial charge in [0.15, 0.2) is 18.7 Å². The number of ketones is 1. The summed E-state index contributed by atoms with van der Waals surface area (Å²) in [6, 6.07) is -0.433. The molecule has 3 aliphatic rings. The Hall–Kier alpha value is -2.32. The zero-order valence-corrected chi connectivity index (χ0v) is 38.2. The van der Waals surface area contributed by atoms with Crippen molar-refractivity contribution in [2.45, 2.75) is 199 Å². The van der Waals surface area contributed by atoms with E-state index in [4.69, 9.17) is 37.9 Å². The Morgan fingerprint density at radius 3 is 2.07 bits per heavy atom. The minimum atomic E-state index is -2.04. The van der Waals surface area contributed by atoms with E-state index in [9.17, 15) is 39.6 Å². The van der Waals surface area contributed by atoms with E-state index in [2.05, 4.69) is 0 Å². The number of cyclic esters (lactones) is 1. The number of aliphatic hydroxyl groups excluding tert-OH is 2. The average Bonchev–Trinajstić information content (AvgIpc) is 3.18. The number of esters is 3. The van der Waals surface area contributed by atoms with Gasteiger partial charge in [-0.05, 0) is 74.9 Å². The van der Waals surface area contributed by atoms with E-state index in [1.54, 1.807) is 48.5 Å². The van der Waals surface area contributed by atoms with Gasteiger partial charge < -0.3 is 63.2 Å². The number of aliphatic hydroxyl groups is 4. The van der Waals surface area contributed by atoms with Gasteiger partial charge in [0.2, 0.25) is 0 Å². The van der Waals surface area contributed by atoms with Crippen LogP contribution < -0.4 is 0 Å². The molecule has 3 saturated heterocycles. The molecular weight excluding hydrogens is 786 g/mol. The third kappa shape index (κ3) is 12.2. The van der Waals surface area contributed by atoms with E-state index >= 15 is 0 Å². The highest BCUT2D eigenvalue weighted by atomic mass is 16.7. The number of nitrogens with zero attached hydrogens (tertiary/aromatic N) is 1. The SMILES string of the molecule is CCC(=O)OCCC(=O)O[C@H]1[C@H](O[C@@H]2[C@@H](C)[C@H](O[C@H]3C[C@](C)(OC)[C@H](O)[C@@H](C)O3)[C@@H](C)C(=O)O[C@H](CC)[C@@](C)(O)[C@H](O)[C@@H](C)C(=O)[C@H](C)C[C@@]2(C)O)O[C@H](C)C[C@@H]1N(C)C. The zero-order chi connectivity index (χ0) is 45.7. The van der Waals surface area contributed by atoms with Crippen LogP contribution >= 0.6 is 0 Å². The number of carbonyl (C=O) groups is 4. The minimum absolute atomic E-state index is 0.0448. The minimum Gasteiger partial charge on any atom is -0.465 e. The summed E-state index contributed by atoms with van der Waals surface area (Å²) >= 11 is 0. The van der Waals surface area contributed by atoms with Crippen molar-refractivity contribution in [2.24, 2.45) is 23.7 Å². The summed E-state index contributed by atoms with van der Waals surface area (Å²) < 4.78 is 48.9. The van der Waals surface area contributed by atoms with Gasteiger partial charge in [0.05, 0.1) is 60.1 Å². The van der Waals surface area contributed by atoms with Crippen molar-refractivity contribution in [1.29, 1.82) is 0 Å². The van der Waals surface area contributed by atoms with Crippen molar-refractivity contribution >= 4 is 23.7 Å². The second kappa shape index (κ2) is 21.4. The Labute approximate surface area is 356 Å². The van der Waals surface area contributed by atoms with Crippen LogP contribution in [0.1, 0.15) is 115 Å². The average molecular weight is 862 g/mol. The fraction of sp³-hybridized carbons (Fsp3) is 0.907. The lowest BCUT2D eigenvalue weighted by Crippen LogP contribution is -2.61. The molecule has 0 aromatic carbocycles. The van der Waals surface area contributed by atoms with Gasteiger partial charge in [-0.15, -0.1) is 0 Å². The standard InChI is InChI=1S/C43H75NO16/c1-15-29-43(11,52)36(48)24(5)33(47)22(3)20-41(9,51)38(25(6)34(26(7)39(50)57-29)59-32-21-42(10,53-14)37(49)27(8)56-32)60-40-35(28(44(12)13)19-23(4)55-40)58-31(46)17-18-54-30(45)16-2/h22-29,32,34-38,40,48-49,51-52H,15-21H2,1-14H3/t22-,23-,24+,25+,26-,27-,28+,29-,32+,34+,35-,36-,37-,38-,40+,41-,42+,43-/m1/s1. The van der Waals surface area contributed by atoms with Crippen LogP contribution in [-0.2, 0) is 57.1 Å². The van der Waals surface area contributed by atoms with Crippen molar-refractivity contribution < 1.29 is 77.5 Å². The van der Waals surface area contributed by atoms with Gasteiger partial charge in [-0.1, -0.05) is 34.6 Å². The van der Waals surface area contributed by atoms with Gasteiger partial charge in [-0.25, -0.2) is 0 Å². The first-order chi connectivity index (χ1) is 27.8. The van der Waals surface area contributed by atoms with Crippen LogP contribution in [0.4, 0.5) is 0 Å². The van der Waals surface area contributed by atoms with E-state index in [0.717, 1.165) is 0 Å². The molecule has 0 bridgehead atoms. The van der Waals surface area contributed by atoms with Crippen LogP contribution in [0.15, 0.2) is 0 Å². The van der Waals surface area contributed by atoms with E-state index in [1.165, 1.54) is 27.9 Å². The molecule has 0 unspecified atom stereocenters. The molecule has 0 radical (unpaired) electrons. The van der Waals surface area contributed by atoms with Crippen molar-refractivity contribution in [3.05, 3.63) is 0 Å². The monoisotopic (exact) mass is 862 g/mol. The summed E-state index contributed by atoms with van der Waals surface area (Å²) in [6.45, 7) is 17.5. The molecule has 3 rings (SSSR count). The maximum atomic E-state index is 14.3. The molecule has 0 saturated carbocycles. The third-order valence-electron chi connectivity index (χ3n) is 12.9. The quantitative estimate of drug-likeness (QED) is 0.163. The first kappa shape index (κ1) is 52.0. The summed E-state index contributed by atoms with van der Waals surface area (Å²) in [5, 5.41) is 46.8. The van der Waals surface area contributed by atoms with Crippen LogP contribution in [0.5, 0.6) is 0 Å². The summed E-state index contributed by atoms with van der Waals surface area (Å²) in [4.78, 5) is 55.3. The van der Waals surface area contributed by atoms with E-state index < -0.39 is 132 Å². The Morgan fingerprint density at radius 2 is 1.50 bits per heavy atom. The molecule has 0 aliphatic carbocycles. The van der Waals surface area contributed by atoms with Crippen molar-refractivity contribution in [1.82, 2.24) is 4.90 Å². The van der Waals surface area contributed by atoms with Crippen molar-refractivity contribution in [3.63, 3.8) is 0 Å². The molecule has 60 heavy (non-hydrogen) atoms. The van der Waals surface area contributed by atoms with Crippen molar-refractivity contribution in [3.8, 4) is 0 Å². The Balaban J connectivity index is 2.21. The van der Waals surface area contributed by atoms with Crippen LogP contribution in [0.2, 0.25) is 0 Å². The maximum Gasteiger partial charge on any atom is 0.311 e. The number of methoxy groups -OCH3 is 1. The highest BCUT2D eigenvalue weighted by molar-refractivity contribution is 5.83. The fourth-order valence-electron chi connectivity index (χ4n) is 9.08. The number of Topliss-reactive ketones (excluding diaryl/α,β-unsaturated/α-hetero) is 1. The molecule has 0 amide bonds. The Kier molecular flexibility index (Phi) is 18.5. The van der Waals surface area contributed by atoms with Gasteiger partial charge in [0.25, 0.3) is 0 Å². The van der Waals surface area contributed by atoms with Gasteiger partial charge in [-0.3, -0.25) is 19.2 Å². The van der Waals surface area contributed by atoms with Crippen LogP contribution in [-0.4, -0.2) is 161 Å². The lowest BCUT2D eigenvalue weighted by atomic mass is 9.74. The number of rotatable bonds is 12. The van der Waals surface area contributed by atoms with Crippen molar-refractivity contribution in [2.75, 3.05) is 27.8 Å². The van der Waals surface area contributed by atoms with Crippen LogP contribution in [0.25, 0.3) is 0 Å². The smallest absolute Gasteiger partial charge is 0.311 e. The number of hydrogen-bond acceptors (Lipinski definition) is 17. The molecule has 3 aliphatic heterocycles. The van der Waals surface area contributed by atoms with Crippen LogP contribution in [0.3, 0.4) is 0 Å². The molecule has 18 atom stereocenters. The molecule has 0 spiro atoms. The lowest BCUT2D eigenvalue weighted by Gasteiger charge is -2.49. The number of hydrogen-bond donors (Lipinski definition) is 4. The molecule has 348 valence electrons. The molecule has 17 heteroatoms. The molecule has 4 N–H and O–H groups in total. The molecule has 3 fully saturated rings. The normalized spacial score (nSPS) is 43.8. The van der Waals surface area contributed by atoms with Crippen LogP contribution in [0, 0.1) is 23.7 Å². The fourth-order valence-corrected chi connectivity index (χ4v) is 9.08.